The summed E-state index contributed by atoms with van der Waals surface area (Å²) in [6.07, 6.45) is 2.98. The largest absolute Gasteiger partial charge is 0.342 e. The van der Waals surface area contributed by atoms with Crippen molar-refractivity contribution in [3.8, 4) is 0 Å². The summed E-state index contributed by atoms with van der Waals surface area (Å²) in [4.78, 5) is 14.2. The predicted molar refractivity (Wildman–Crippen MR) is 76.4 cm³/mol. The second-order valence-corrected chi connectivity index (χ2v) is 6.08. The van der Waals surface area contributed by atoms with Crippen LogP contribution in [-0.4, -0.2) is 37.0 Å². The van der Waals surface area contributed by atoms with Crippen LogP contribution in [0.2, 0.25) is 0 Å². The maximum atomic E-state index is 12.2. The molecule has 1 amide bonds. The molecule has 3 heterocycles. The zero-order valence-corrected chi connectivity index (χ0v) is 12.0. The highest BCUT2D eigenvalue weighted by molar-refractivity contribution is 7.07. The van der Waals surface area contributed by atoms with Crippen LogP contribution in [0.1, 0.15) is 18.4 Å². The molecule has 1 N–H and O–H groups in total. The summed E-state index contributed by atoms with van der Waals surface area (Å²) in [5, 5.41) is 7.53. The molecule has 1 aromatic rings. The van der Waals surface area contributed by atoms with Crippen LogP contribution in [0, 0.1) is 5.41 Å². The molecule has 3 nitrogen and oxygen atoms in total. The number of halogens is 1. The van der Waals surface area contributed by atoms with E-state index in [0.29, 0.717) is 17.7 Å². The molecular weight excluding hydrogens is 268 g/mol. The fourth-order valence-corrected chi connectivity index (χ4v) is 3.64. The van der Waals surface area contributed by atoms with Crippen molar-refractivity contribution in [1.29, 1.82) is 0 Å². The Morgan fingerprint density at radius 2 is 2.39 bits per heavy atom. The molecule has 0 aromatic carbocycles. The number of carbonyl (C=O) groups excluding carboxylic acids is 1. The first-order chi connectivity index (χ1) is 8.27. The van der Waals surface area contributed by atoms with E-state index in [9.17, 15) is 4.79 Å². The molecule has 2 aliphatic heterocycles. The van der Waals surface area contributed by atoms with Gasteiger partial charge in [-0.05, 0) is 41.8 Å². The molecule has 0 radical (unpaired) electrons. The standard InChI is InChI=1S/C13H18N2OS.ClH/c16-12(7-11-1-6-17-8-11)15-5-3-13(10-15)2-4-14-9-13;/h1,6,8,14H,2-5,7,9-10H2;1H. The lowest BCUT2D eigenvalue weighted by atomic mass is 9.86. The molecule has 1 aromatic heterocycles. The average molecular weight is 287 g/mol. The van der Waals surface area contributed by atoms with E-state index in [2.05, 4.69) is 15.6 Å². The zero-order valence-electron chi connectivity index (χ0n) is 10.4. The van der Waals surface area contributed by atoms with E-state index < -0.39 is 0 Å². The first kappa shape index (κ1) is 13.8. The van der Waals surface area contributed by atoms with Crippen LogP contribution >= 0.6 is 23.7 Å². The Morgan fingerprint density at radius 1 is 1.50 bits per heavy atom. The molecule has 2 fully saturated rings. The summed E-state index contributed by atoms with van der Waals surface area (Å²) in [7, 11) is 0. The van der Waals surface area contributed by atoms with Gasteiger partial charge in [0.2, 0.25) is 5.91 Å². The molecule has 1 spiro atoms. The molecule has 2 saturated heterocycles. The molecule has 0 bridgehead atoms. The first-order valence-corrected chi connectivity index (χ1v) is 7.21. The highest BCUT2D eigenvalue weighted by Crippen LogP contribution is 2.36. The normalized spacial score (nSPS) is 26.6. The van der Waals surface area contributed by atoms with Crippen LogP contribution in [0.25, 0.3) is 0 Å². The molecule has 1 unspecified atom stereocenters. The molecule has 2 aliphatic rings. The topological polar surface area (TPSA) is 32.3 Å². The van der Waals surface area contributed by atoms with E-state index in [1.165, 1.54) is 12.8 Å². The lowest BCUT2D eigenvalue weighted by molar-refractivity contribution is -0.129. The molecule has 3 rings (SSSR count). The smallest absolute Gasteiger partial charge is 0.227 e. The Labute approximate surface area is 118 Å². The number of amides is 1. The summed E-state index contributed by atoms with van der Waals surface area (Å²) in [5.41, 5.74) is 1.55. The van der Waals surface area contributed by atoms with Crippen LogP contribution in [0.5, 0.6) is 0 Å². The van der Waals surface area contributed by atoms with E-state index in [-0.39, 0.29) is 12.4 Å². The van der Waals surface area contributed by atoms with E-state index >= 15 is 0 Å². The average Bonchev–Trinajstić information content (AvgIpc) is 3.03. The van der Waals surface area contributed by atoms with Crippen molar-refractivity contribution in [3.05, 3.63) is 22.4 Å². The quantitative estimate of drug-likeness (QED) is 0.901. The third-order valence-corrected chi connectivity index (χ3v) is 4.79. The molecule has 5 heteroatoms. The summed E-state index contributed by atoms with van der Waals surface area (Å²) >= 11 is 1.66. The third kappa shape index (κ3) is 2.71. The maximum Gasteiger partial charge on any atom is 0.227 e. The predicted octanol–water partition coefficient (Wildman–Crippen LogP) is 1.92. The number of hydrogen-bond acceptors (Lipinski definition) is 3. The van der Waals surface area contributed by atoms with Crippen molar-refractivity contribution >= 4 is 29.7 Å². The SMILES string of the molecule is Cl.O=C(Cc1ccsc1)N1CCC2(CCNC2)C1. The fraction of sp³-hybridized carbons (Fsp3) is 0.615. The second-order valence-electron chi connectivity index (χ2n) is 5.30. The van der Waals surface area contributed by atoms with Gasteiger partial charge in [0.15, 0.2) is 0 Å². The van der Waals surface area contributed by atoms with Gasteiger partial charge in [0.25, 0.3) is 0 Å². The number of nitrogens with one attached hydrogen (secondary N) is 1. The fourth-order valence-electron chi connectivity index (χ4n) is 2.97. The molecule has 1 atom stereocenters. The van der Waals surface area contributed by atoms with Gasteiger partial charge >= 0.3 is 0 Å². The van der Waals surface area contributed by atoms with Gasteiger partial charge in [-0.1, -0.05) is 0 Å². The minimum atomic E-state index is 0. The molecule has 0 saturated carbocycles. The Hall–Kier alpha value is -0.580. The summed E-state index contributed by atoms with van der Waals surface area (Å²) < 4.78 is 0. The van der Waals surface area contributed by atoms with Crippen molar-refractivity contribution in [2.75, 3.05) is 26.2 Å². The van der Waals surface area contributed by atoms with Crippen LogP contribution in [0.3, 0.4) is 0 Å². The minimum absolute atomic E-state index is 0. The lowest BCUT2D eigenvalue weighted by Gasteiger charge is -2.22. The van der Waals surface area contributed by atoms with Gasteiger partial charge in [0.1, 0.15) is 0 Å². The Balaban J connectivity index is 0.00000120. The lowest BCUT2D eigenvalue weighted by Crippen LogP contribution is -2.34. The summed E-state index contributed by atoms with van der Waals surface area (Å²) in [6.45, 7) is 4.12. The van der Waals surface area contributed by atoms with Crippen LogP contribution in [-0.2, 0) is 11.2 Å². The number of carbonyl (C=O) groups is 1. The van der Waals surface area contributed by atoms with Gasteiger partial charge in [-0.15, -0.1) is 12.4 Å². The van der Waals surface area contributed by atoms with E-state index in [4.69, 9.17) is 0 Å². The van der Waals surface area contributed by atoms with Crippen molar-refractivity contribution in [2.45, 2.75) is 19.3 Å². The number of likely N-dealkylation sites (tertiary alicyclic amines) is 1. The van der Waals surface area contributed by atoms with Crippen molar-refractivity contribution in [2.24, 2.45) is 5.41 Å². The van der Waals surface area contributed by atoms with Crippen molar-refractivity contribution in [1.82, 2.24) is 10.2 Å². The van der Waals surface area contributed by atoms with Crippen LogP contribution < -0.4 is 5.32 Å². The Kier molecular flexibility index (Phi) is 4.30. The molecule has 0 aliphatic carbocycles. The van der Waals surface area contributed by atoms with Gasteiger partial charge in [0.05, 0.1) is 6.42 Å². The van der Waals surface area contributed by atoms with Gasteiger partial charge in [-0.2, -0.15) is 11.3 Å². The molecule has 100 valence electrons. The van der Waals surface area contributed by atoms with Gasteiger partial charge < -0.3 is 10.2 Å². The maximum absolute atomic E-state index is 12.2. The summed E-state index contributed by atoms with van der Waals surface area (Å²) in [6, 6.07) is 2.05. The molecular formula is C13H19ClN2OS. The third-order valence-electron chi connectivity index (χ3n) is 4.06. The number of rotatable bonds is 2. The minimum Gasteiger partial charge on any atom is -0.342 e. The zero-order chi connectivity index (χ0) is 11.7. The van der Waals surface area contributed by atoms with Crippen molar-refractivity contribution < 1.29 is 4.79 Å². The number of thiophene rings is 1. The Morgan fingerprint density at radius 3 is 3.06 bits per heavy atom. The monoisotopic (exact) mass is 286 g/mol. The van der Waals surface area contributed by atoms with E-state index in [1.807, 2.05) is 11.4 Å². The van der Waals surface area contributed by atoms with Crippen LogP contribution in [0.15, 0.2) is 16.8 Å². The van der Waals surface area contributed by atoms with E-state index in [0.717, 1.165) is 31.7 Å². The second kappa shape index (κ2) is 5.59. The molecule has 18 heavy (non-hydrogen) atoms. The van der Waals surface area contributed by atoms with Gasteiger partial charge in [-0.25, -0.2) is 0 Å². The van der Waals surface area contributed by atoms with Crippen LogP contribution in [0.4, 0.5) is 0 Å². The Bertz CT molecular complexity index is 401. The number of hydrogen-bond donors (Lipinski definition) is 1. The first-order valence-electron chi connectivity index (χ1n) is 6.27. The van der Waals surface area contributed by atoms with Crippen molar-refractivity contribution in [3.63, 3.8) is 0 Å². The van der Waals surface area contributed by atoms with Gasteiger partial charge in [0, 0.05) is 25.0 Å². The summed E-state index contributed by atoms with van der Waals surface area (Å²) in [5.74, 6) is 0.298. The van der Waals surface area contributed by atoms with Gasteiger partial charge in [-0.3, -0.25) is 4.79 Å². The highest BCUT2D eigenvalue weighted by Gasteiger charge is 2.41. The number of nitrogens with zero attached hydrogens (tertiary/aromatic N) is 1. The van der Waals surface area contributed by atoms with E-state index in [1.54, 1.807) is 11.3 Å². The highest BCUT2D eigenvalue weighted by atomic mass is 35.5.